The number of nitrogens with zero attached hydrogens (tertiary/aromatic N) is 2. The highest BCUT2D eigenvalue weighted by Crippen LogP contribution is 2.34. The van der Waals surface area contributed by atoms with Gasteiger partial charge in [-0.3, -0.25) is 4.90 Å². The van der Waals surface area contributed by atoms with Crippen molar-refractivity contribution >= 4 is 22.3 Å². The summed E-state index contributed by atoms with van der Waals surface area (Å²) < 4.78 is 59.8. The highest BCUT2D eigenvalue weighted by atomic mass is 32.2. The zero-order chi connectivity index (χ0) is 23.6. The molecule has 0 saturated carbocycles. The maximum Gasteiger partial charge on any atom is 0.417 e. The molecule has 6 nitrogen and oxygen atoms in total. The summed E-state index contributed by atoms with van der Waals surface area (Å²) in [6.07, 6.45) is -4.29. The van der Waals surface area contributed by atoms with Gasteiger partial charge >= 0.3 is 11.8 Å². The van der Waals surface area contributed by atoms with Gasteiger partial charge in [0.05, 0.1) is 36.6 Å². The summed E-state index contributed by atoms with van der Waals surface area (Å²) in [7, 11) is 0. The van der Waals surface area contributed by atoms with E-state index in [9.17, 15) is 22.5 Å². The molecule has 2 heterocycles. The first-order chi connectivity index (χ1) is 15.7. The smallest absolute Gasteiger partial charge is 0.417 e. The van der Waals surface area contributed by atoms with E-state index in [0.717, 1.165) is 18.7 Å². The number of β-amino-alcohol motifs (C(OH)–C–C–N with tert-alkyl or cyclic N) is 1. The van der Waals surface area contributed by atoms with Gasteiger partial charge in [0.15, 0.2) is 4.90 Å². The number of alkyl halides is 3. The maximum absolute atomic E-state index is 13.4. The molecule has 0 aliphatic carbocycles. The first-order valence-corrected chi connectivity index (χ1v) is 11.6. The molecular formula is C23H23F3N2O4S. The molecule has 2 aromatic carbocycles. The Kier molecular flexibility index (Phi) is 7.10. The van der Waals surface area contributed by atoms with Gasteiger partial charge in [-0.15, -0.1) is 4.31 Å². The monoisotopic (exact) mass is 480 g/mol. The summed E-state index contributed by atoms with van der Waals surface area (Å²) in [5.41, 5.74) is -0.672. The molecule has 176 valence electrons. The van der Waals surface area contributed by atoms with Crippen molar-refractivity contribution in [3.05, 3.63) is 75.6 Å². The lowest BCUT2D eigenvalue weighted by atomic mass is 10.0. The van der Waals surface area contributed by atoms with E-state index in [0.29, 0.717) is 42.6 Å². The molecule has 3 aromatic rings. The Labute approximate surface area is 191 Å². The Bertz CT molecular complexity index is 1160. The van der Waals surface area contributed by atoms with E-state index in [1.165, 1.54) is 12.1 Å². The Morgan fingerprint density at radius 1 is 1.00 bits per heavy atom. The molecule has 1 N–H and O–H groups in total. The van der Waals surface area contributed by atoms with Crippen LogP contribution in [0.1, 0.15) is 16.7 Å². The molecule has 1 aliphatic rings. The predicted octanol–water partition coefficient (Wildman–Crippen LogP) is 3.04. The minimum absolute atomic E-state index is 0.105. The second-order valence-electron chi connectivity index (χ2n) is 7.87. The molecule has 0 spiro atoms. The number of piperazine rings is 1. The van der Waals surface area contributed by atoms with Gasteiger partial charge in [0, 0.05) is 31.1 Å². The number of fused-ring (bicyclic) bond motifs is 1. The molecule has 0 radical (unpaired) electrons. The van der Waals surface area contributed by atoms with Crippen LogP contribution in [0.15, 0.2) is 62.6 Å². The largest absolute Gasteiger partial charge is 0.593 e. The van der Waals surface area contributed by atoms with E-state index < -0.39 is 28.7 Å². The highest BCUT2D eigenvalue weighted by molar-refractivity contribution is 7.89. The van der Waals surface area contributed by atoms with Crippen LogP contribution in [0.2, 0.25) is 0 Å². The molecule has 0 amide bonds. The third kappa shape index (κ3) is 5.59. The first kappa shape index (κ1) is 23.8. The van der Waals surface area contributed by atoms with Crippen LogP contribution in [0.5, 0.6) is 0 Å². The van der Waals surface area contributed by atoms with E-state index in [1.54, 1.807) is 18.2 Å². The number of aliphatic hydroxyl groups is 1. The van der Waals surface area contributed by atoms with Crippen LogP contribution in [-0.2, 0) is 24.0 Å². The molecule has 4 rings (SSSR count). The Balaban J connectivity index is 1.48. The van der Waals surface area contributed by atoms with E-state index in [2.05, 4.69) is 4.90 Å². The third-order valence-corrected chi connectivity index (χ3v) is 7.14. The lowest BCUT2D eigenvalue weighted by Gasteiger charge is -2.33. The van der Waals surface area contributed by atoms with Crippen LogP contribution in [0, 0.1) is 0 Å². The molecule has 10 heteroatoms. The number of hydrogen-bond acceptors (Lipinski definition) is 6. The summed E-state index contributed by atoms with van der Waals surface area (Å²) in [6, 6.07) is 12.0. The fraction of sp³-hybridized carbons (Fsp3) is 0.348. The summed E-state index contributed by atoms with van der Waals surface area (Å²) >= 11 is -1.30. The highest BCUT2D eigenvalue weighted by Gasteiger charge is 2.34. The zero-order valence-corrected chi connectivity index (χ0v) is 18.5. The van der Waals surface area contributed by atoms with Gasteiger partial charge in [0.2, 0.25) is 0 Å². The fourth-order valence-corrected chi connectivity index (χ4v) is 5.09. The Hall–Kier alpha value is -2.37. The number of aliphatic hydroxyl groups excluding tert-OH is 1. The van der Waals surface area contributed by atoms with E-state index >= 15 is 0 Å². The second kappa shape index (κ2) is 9.86. The number of benzene rings is 2. The van der Waals surface area contributed by atoms with Crippen molar-refractivity contribution < 1.29 is 27.2 Å². The normalized spacial score (nSPS) is 16.9. The van der Waals surface area contributed by atoms with Gasteiger partial charge in [-0.2, -0.15) is 13.2 Å². The van der Waals surface area contributed by atoms with Crippen LogP contribution in [-0.4, -0.2) is 58.2 Å². The SMILES string of the molecule is O=c1cc(C(F)(F)F)c2cc(Cc3ccc([S+]([O-])N4CCN(CCO)CC4)cc3)ccc2o1. The standard InChI is InChI=1S/C23H23F3N2O4S/c24-23(25,26)20-15-22(30)32-21-6-3-17(14-19(20)21)13-16-1-4-18(5-2-16)33(31)28-9-7-27(8-10-28)11-12-29/h1-6,14-15,29H,7-13H2. The summed E-state index contributed by atoms with van der Waals surface area (Å²) in [5, 5.41) is 8.88. The minimum Gasteiger partial charge on any atom is -0.593 e. The number of halogens is 3. The predicted molar refractivity (Wildman–Crippen MR) is 118 cm³/mol. The van der Waals surface area contributed by atoms with Crippen molar-refractivity contribution in [2.45, 2.75) is 17.5 Å². The van der Waals surface area contributed by atoms with Gasteiger partial charge in [-0.05, 0) is 41.8 Å². The number of rotatable bonds is 6. The maximum atomic E-state index is 13.4. The Morgan fingerprint density at radius 3 is 2.30 bits per heavy atom. The summed E-state index contributed by atoms with van der Waals surface area (Å²) in [6.45, 7) is 3.49. The Morgan fingerprint density at radius 2 is 1.67 bits per heavy atom. The van der Waals surface area contributed by atoms with Gasteiger partial charge in [-0.1, -0.05) is 18.2 Å². The van der Waals surface area contributed by atoms with Crippen molar-refractivity contribution in [2.24, 2.45) is 0 Å². The molecular weight excluding hydrogens is 457 g/mol. The molecule has 1 saturated heterocycles. The van der Waals surface area contributed by atoms with Crippen LogP contribution in [0.3, 0.4) is 0 Å². The average Bonchev–Trinajstić information content (AvgIpc) is 2.79. The molecule has 1 fully saturated rings. The van der Waals surface area contributed by atoms with Crippen molar-refractivity contribution in [3.63, 3.8) is 0 Å². The molecule has 0 bridgehead atoms. The van der Waals surface area contributed by atoms with Crippen LogP contribution < -0.4 is 5.63 Å². The van der Waals surface area contributed by atoms with Crippen molar-refractivity contribution in [1.82, 2.24) is 9.21 Å². The van der Waals surface area contributed by atoms with Crippen molar-refractivity contribution in [1.29, 1.82) is 0 Å². The van der Waals surface area contributed by atoms with Crippen LogP contribution >= 0.6 is 0 Å². The second-order valence-corrected chi connectivity index (χ2v) is 9.36. The lowest BCUT2D eigenvalue weighted by Crippen LogP contribution is -2.49. The van der Waals surface area contributed by atoms with E-state index in [4.69, 9.17) is 9.52 Å². The molecule has 1 aromatic heterocycles. The summed E-state index contributed by atoms with van der Waals surface area (Å²) in [5.74, 6) is 0. The lowest BCUT2D eigenvalue weighted by molar-refractivity contribution is -0.136. The molecule has 1 atom stereocenters. The molecule has 1 aliphatic heterocycles. The average molecular weight is 481 g/mol. The van der Waals surface area contributed by atoms with Crippen molar-refractivity contribution in [3.8, 4) is 0 Å². The van der Waals surface area contributed by atoms with Crippen molar-refractivity contribution in [2.75, 3.05) is 39.3 Å². The molecule has 33 heavy (non-hydrogen) atoms. The zero-order valence-electron chi connectivity index (χ0n) is 17.7. The van der Waals surface area contributed by atoms with Gasteiger partial charge < -0.3 is 14.1 Å². The minimum atomic E-state index is -4.66. The van der Waals surface area contributed by atoms with Crippen LogP contribution in [0.4, 0.5) is 13.2 Å². The van der Waals surface area contributed by atoms with Gasteiger partial charge in [0.25, 0.3) is 0 Å². The van der Waals surface area contributed by atoms with Crippen LogP contribution in [0.25, 0.3) is 11.0 Å². The van der Waals surface area contributed by atoms with Gasteiger partial charge in [-0.25, -0.2) is 4.79 Å². The first-order valence-electron chi connectivity index (χ1n) is 10.5. The fourth-order valence-electron chi connectivity index (χ4n) is 3.92. The number of hydrogen-bond donors (Lipinski definition) is 1. The van der Waals surface area contributed by atoms with E-state index in [-0.39, 0.29) is 17.6 Å². The third-order valence-electron chi connectivity index (χ3n) is 5.63. The van der Waals surface area contributed by atoms with Gasteiger partial charge in [0.1, 0.15) is 5.58 Å². The quantitative estimate of drug-likeness (QED) is 0.432. The summed E-state index contributed by atoms with van der Waals surface area (Å²) in [4.78, 5) is 14.2. The van der Waals surface area contributed by atoms with E-state index in [1.807, 2.05) is 16.4 Å². The topological polar surface area (TPSA) is 80.0 Å². The molecule has 1 unspecified atom stereocenters.